The standard InChI is InChI=1S/C18H36N2/c1-4-11-19-18-10-9-15(2)12-17(18)14-20(3)13-16-7-5-6-8-16/h15-19H,4-14H2,1-3H3. The van der Waals surface area contributed by atoms with Crippen LogP contribution in [0.4, 0.5) is 0 Å². The molecule has 0 radical (unpaired) electrons. The third-order valence-corrected chi connectivity index (χ3v) is 5.49. The smallest absolute Gasteiger partial charge is 0.0108 e. The van der Waals surface area contributed by atoms with Crippen LogP contribution in [0.25, 0.3) is 0 Å². The van der Waals surface area contributed by atoms with E-state index in [4.69, 9.17) is 0 Å². The molecule has 2 aliphatic carbocycles. The molecule has 2 aliphatic rings. The summed E-state index contributed by atoms with van der Waals surface area (Å²) in [4.78, 5) is 2.64. The number of rotatable bonds is 7. The van der Waals surface area contributed by atoms with Crippen molar-refractivity contribution in [3.05, 3.63) is 0 Å². The van der Waals surface area contributed by atoms with Crippen LogP contribution in [0.5, 0.6) is 0 Å². The van der Waals surface area contributed by atoms with Gasteiger partial charge in [-0.25, -0.2) is 0 Å². The summed E-state index contributed by atoms with van der Waals surface area (Å²) in [5.74, 6) is 2.79. The van der Waals surface area contributed by atoms with Crippen LogP contribution in [0, 0.1) is 17.8 Å². The summed E-state index contributed by atoms with van der Waals surface area (Å²) < 4.78 is 0. The molecule has 20 heavy (non-hydrogen) atoms. The number of hydrogen-bond acceptors (Lipinski definition) is 2. The number of nitrogens with one attached hydrogen (secondary N) is 1. The highest BCUT2D eigenvalue weighted by atomic mass is 15.1. The average molecular weight is 280 g/mol. The van der Waals surface area contributed by atoms with Gasteiger partial charge in [-0.3, -0.25) is 0 Å². The fourth-order valence-corrected chi connectivity index (χ4v) is 4.41. The lowest BCUT2D eigenvalue weighted by molar-refractivity contribution is 0.150. The van der Waals surface area contributed by atoms with Gasteiger partial charge in [0.25, 0.3) is 0 Å². The number of hydrogen-bond donors (Lipinski definition) is 1. The zero-order chi connectivity index (χ0) is 14.4. The zero-order valence-corrected chi connectivity index (χ0v) is 14.0. The van der Waals surface area contributed by atoms with Crippen molar-refractivity contribution in [3.8, 4) is 0 Å². The van der Waals surface area contributed by atoms with Crippen LogP contribution in [0.2, 0.25) is 0 Å². The van der Waals surface area contributed by atoms with Crippen LogP contribution in [-0.2, 0) is 0 Å². The predicted molar refractivity (Wildman–Crippen MR) is 88.0 cm³/mol. The minimum atomic E-state index is 0.775. The molecule has 2 nitrogen and oxygen atoms in total. The maximum atomic E-state index is 3.81. The van der Waals surface area contributed by atoms with E-state index in [1.165, 1.54) is 71.0 Å². The van der Waals surface area contributed by atoms with E-state index < -0.39 is 0 Å². The SMILES string of the molecule is CCCNC1CCC(C)CC1CN(C)CC1CCCC1. The van der Waals surface area contributed by atoms with E-state index in [9.17, 15) is 0 Å². The van der Waals surface area contributed by atoms with Crippen molar-refractivity contribution in [3.63, 3.8) is 0 Å². The molecular weight excluding hydrogens is 244 g/mol. The molecule has 0 aliphatic heterocycles. The summed E-state index contributed by atoms with van der Waals surface area (Å²) in [6.45, 7) is 8.56. The van der Waals surface area contributed by atoms with Gasteiger partial charge in [0.2, 0.25) is 0 Å². The van der Waals surface area contributed by atoms with E-state index in [0.29, 0.717) is 0 Å². The van der Waals surface area contributed by atoms with Crippen LogP contribution in [0.1, 0.15) is 65.2 Å². The summed E-state index contributed by atoms with van der Waals surface area (Å²) in [7, 11) is 2.36. The quantitative estimate of drug-likeness (QED) is 0.760. The lowest BCUT2D eigenvalue weighted by Gasteiger charge is -2.38. The first-order chi connectivity index (χ1) is 9.69. The Morgan fingerprint density at radius 3 is 2.50 bits per heavy atom. The molecule has 0 aromatic rings. The van der Waals surface area contributed by atoms with Gasteiger partial charge in [-0.1, -0.05) is 26.7 Å². The summed E-state index contributed by atoms with van der Waals surface area (Å²) in [5, 5.41) is 3.81. The molecule has 2 fully saturated rings. The Morgan fingerprint density at radius 2 is 1.80 bits per heavy atom. The third kappa shape index (κ3) is 5.04. The van der Waals surface area contributed by atoms with Crippen molar-refractivity contribution in [1.29, 1.82) is 0 Å². The van der Waals surface area contributed by atoms with E-state index in [1.807, 2.05) is 0 Å². The molecule has 2 saturated carbocycles. The second-order valence-electron chi connectivity index (χ2n) is 7.61. The normalized spacial score (nSPS) is 32.1. The fourth-order valence-electron chi connectivity index (χ4n) is 4.41. The third-order valence-electron chi connectivity index (χ3n) is 5.49. The molecule has 0 spiro atoms. The van der Waals surface area contributed by atoms with E-state index in [0.717, 1.165) is 23.8 Å². The Hall–Kier alpha value is -0.0800. The minimum Gasteiger partial charge on any atom is -0.314 e. The van der Waals surface area contributed by atoms with Gasteiger partial charge in [-0.15, -0.1) is 0 Å². The summed E-state index contributed by atoms with van der Waals surface area (Å²) in [5.41, 5.74) is 0. The largest absolute Gasteiger partial charge is 0.314 e. The van der Waals surface area contributed by atoms with Gasteiger partial charge < -0.3 is 10.2 Å². The van der Waals surface area contributed by atoms with E-state index >= 15 is 0 Å². The van der Waals surface area contributed by atoms with E-state index in [1.54, 1.807) is 0 Å². The fraction of sp³-hybridized carbons (Fsp3) is 1.00. The van der Waals surface area contributed by atoms with Crippen molar-refractivity contribution < 1.29 is 0 Å². The summed E-state index contributed by atoms with van der Waals surface area (Å²) >= 11 is 0. The first-order valence-corrected chi connectivity index (χ1v) is 9.11. The van der Waals surface area contributed by atoms with E-state index in [2.05, 4.69) is 31.1 Å². The molecule has 0 aromatic carbocycles. The maximum Gasteiger partial charge on any atom is 0.0108 e. The second-order valence-corrected chi connectivity index (χ2v) is 7.61. The van der Waals surface area contributed by atoms with Crippen molar-refractivity contribution in [2.24, 2.45) is 17.8 Å². The van der Waals surface area contributed by atoms with Gasteiger partial charge in [0.15, 0.2) is 0 Å². The molecule has 1 N–H and O–H groups in total. The minimum absolute atomic E-state index is 0.775. The van der Waals surface area contributed by atoms with Crippen LogP contribution in [0.3, 0.4) is 0 Å². The van der Waals surface area contributed by atoms with Gasteiger partial charge >= 0.3 is 0 Å². The molecule has 118 valence electrons. The molecule has 3 unspecified atom stereocenters. The van der Waals surface area contributed by atoms with Gasteiger partial charge in [0, 0.05) is 19.1 Å². The molecule has 3 atom stereocenters. The van der Waals surface area contributed by atoms with Crippen molar-refractivity contribution >= 4 is 0 Å². The van der Waals surface area contributed by atoms with Crippen LogP contribution in [-0.4, -0.2) is 37.6 Å². The first-order valence-electron chi connectivity index (χ1n) is 9.11. The molecule has 2 rings (SSSR count). The van der Waals surface area contributed by atoms with Crippen molar-refractivity contribution in [2.45, 2.75) is 71.3 Å². The topological polar surface area (TPSA) is 15.3 Å². The Balaban J connectivity index is 1.79. The van der Waals surface area contributed by atoms with Gasteiger partial charge in [-0.05, 0) is 69.9 Å². The van der Waals surface area contributed by atoms with Gasteiger partial charge in [-0.2, -0.15) is 0 Å². The van der Waals surface area contributed by atoms with Gasteiger partial charge in [0.05, 0.1) is 0 Å². The highest BCUT2D eigenvalue weighted by Crippen LogP contribution is 2.31. The molecule has 0 heterocycles. The Bertz CT molecular complexity index is 258. The molecule has 0 aromatic heterocycles. The molecular formula is C18H36N2. The highest BCUT2D eigenvalue weighted by Gasteiger charge is 2.29. The summed E-state index contributed by atoms with van der Waals surface area (Å²) in [6.07, 6.45) is 11.4. The van der Waals surface area contributed by atoms with E-state index in [-0.39, 0.29) is 0 Å². The first kappa shape index (κ1) is 16.3. The lowest BCUT2D eigenvalue weighted by atomic mass is 9.78. The number of nitrogens with zero attached hydrogens (tertiary/aromatic N) is 1. The van der Waals surface area contributed by atoms with Gasteiger partial charge in [0.1, 0.15) is 0 Å². The molecule has 0 bridgehead atoms. The van der Waals surface area contributed by atoms with Crippen LogP contribution in [0.15, 0.2) is 0 Å². The van der Waals surface area contributed by atoms with Crippen molar-refractivity contribution in [1.82, 2.24) is 10.2 Å². The Kier molecular flexibility index (Phi) is 6.83. The summed E-state index contributed by atoms with van der Waals surface area (Å²) in [6, 6.07) is 0.775. The zero-order valence-electron chi connectivity index (χ0n) is 14.0. The molecule has 0 amide bonds. The maximum absolute atomic E-state index is 3.81. The van der Waals surface area contributed by atoms with Crippen LogP contribution >= 0.6 is 0 Å². The average Bonchev–Trinajstić information content (AvgIpc) is 2.90. The molecule has 0 saturated heterocycles. The highest BCUT2D eigenvalue weighted by molar-refractivity contribution is 4.85. The monoisotopic (exact) mass is 280 g/mol. The predicted octanol–water partition coefficient (Wildman–Crippen LogP) is 3.91. The Labute approximate surface area is 126 Å². The lowest BCUT2D eigenvalue weighted by Crippen LogP contribution is -2.45. The van der Waals surface area contributed by atoms with Crippen LogP contribution < -0.4 is 5.32 Å². The van der Waals surface area contributed by atoms with Crippen molar-refractivity contribution in [2.75, 3.05) is 26.7 Å². The second kappa shape index (κ2) is 8.38. The Morgan fingerprint density at radius 1 is 1.05 bits per heavy atom. The molecule has 2 heteroatoms.